The number of piperidine rings is 1. The van der Waals surface area contributed by atoms with Crippen LogP contribution in [-0.2, 0) is 0 Å². The molecule has 1 aromatic carbocycles. The molecule has 5 nitrogen and oxygen atoms in total. The molecule has 1 aromatic rings. The summed E-state index contributed by atoms with van der Waals surface area (Å²) < 4.78 is 5.81. The fourth-order valence-corrected chi connectivity index (χ4v) is 2.05. The minimum Gasteiger partial charge on any atom is -0.488 e. The molecular weight excluding hydrogens is 232 g/mol. The van der Waals surface area contributed by atoms with E-state index in [2.05, 4.69) is 11.9 Å². The van der Waals surface area contributed by atoms with E-state index in [1.165, 1.54) is 12.1 Å². The number of likely N-dealkylation sites (tertiary alicyclic amines) is 1. The van der Waals surface area contributed by atoms with Crippen molar-refractivity contribution in [3.05, 3.63) is 23.8 Å². The van der Waals surface area contributed by atoms with Crippen LogP contribution in [0.3, 0.4) is 0 Å². The molecule has 5 heteroatoms. The number of carboxylic acid groups (broad SMARTS) is 1. The summed E-state index contributed by atoms with van der Waals surface area (Å²) in [5.74, 6) is -0.493. The average molecular weight is 250 g/mol. The summed E-state index contributed by atoms with van der Waals surface area (Å²) in [4.78, 5) is 13.1. The number of nitrogen functional groups attached to an aromatic ring is 1. The number of carboxylic acids is 1. The van der Waals surface area contributed by atoms with Crippen molar-refractivity contribution >= 4 is 11.7 Å². The zero-order chi connectivity index (χ0) is 13.1. The lowest BCUT2D eigenvalue weighted by Gasteiger charge is -2.29. The van der Waals surface area contributed by atoms with Crippen molar-refractivity contribution < 1.29 is 14.6 Å². The van der Waals surface area contributed by atoms with Gasteiger partial charge in [-0.25, -0.2) is 4.79 Å². The highest BCUT2D eigenvalue weighted by atomic mass is 16.5. The number of rotatable bonds is 3. The Morgan fingerprint density at radius 3 is 2.72 bits per heavy atom. The Morgan fingerprint density at radius 2 is 2.11 bits per heavy atom. The van der Waals surface area contributed by atoms with Crippen molar-refractivity contribution in [2.45, 2.75) is 18.9 Å². The molecule has 98 valence electrons. The molecule has 0 aliphatic carbocycles. The van der Waals surface area contributed by atoms with Crippen LogP contribution >= 0.6 is 0 Å². The molecule has 0 radical (unpaired) electrons. The summed E-state index contributed by atoms with van der Waals surface area (Å²) in [7, 11) is 2.08. The number of hydrogen-bond donors (Lipinski definition) is 2. The second-order valence-corrected chi connectivity index (χ2v) is 4.68. The second kappa shape index (κ2) is 5.27. The van der Waals surface area contributed by atoms with Crippen LogP contribution in [-0.4, -0.2) is 42.2 Å². The van der Waals surface area contributed by atoms with E-state index >= 15 is 0 Å². The van der Waals surface area contributed by atoms with Gasteiger partial charge in [0.2, 0.25) is 0 Å². The SMILES string of the molecule is CN1CCC(Oc2cc(C(=O)O)ccc2N)CC1. The van der Waals surface area contributed by atoms with Crippen LogP contribution in [0.1, 0.15) is 23.2 Å². The standard InChI is InChI=1S/C13H18N2O3/c1-15-6-4-10(5-7-15)18-12-8-9(13(16)17)2-3-11(12)14/h2-3,8,10H,4-7,14H2,1H3,(H,16,17). The largest absolute Gasteiger partial charge is 0.488 e. The maximum absolute atomic E-state index is 10.9. The quantitative estimate of drug-likeness (QED) is 0.794. The van der Waals surface area contributed by atoms with Gasteiger partial charge in [-0.05, 0) is 38.1 Å². The van der Waals surface area contributed by atoms with Gasteiger partial charge in [-0.15, -0.1) is 0 Å². The van der Waals surface area contributed by atoms with E-state index in [9.17, 15) is 4.79 Å². The lowest BCUT2D eigenvalue weighted by Crippen LogP contribution is -2.35. The van der Waals surface area contributed by atoms with Crippen LogP contribution in [0.5, 0.6) is 5.75 Å². The number of aromatic carboxylic acids is 1. The van der Waals surface area contributed by atoms with Crippen LogP contribution in [0.2, 0.25) is 0 Å². The first-order valence-corrected chi connectivity index (χ1v) is 6.04. The molecule has 0 spiro atoms. The minimum absolute atomic E-state index is 0.118. The molecule has 1 aliphatic rings. The molecule has 0 bridgehead atoms. The van der Waals surface area contributed by atoms with Crippen molar-refractivity contribution in [1.82, 2.24) is 4.90 Å². The van der Waals surface area contributed by atoms with Gasteiger partial charge < -0.3 is 20.5 Å². The Bertz CT molecular complexity index is 440. The molecule has 1 saturated heterocycles. The molecule has 0 amide bonds. The molecule has 2 rings (SSSR count). The summed E-state index contributed by atoms with van der Waals surface area (Å²) in [5, 5.41) is 8.94. The molecular formula is C13H18N2O3. The summed E-state index contributed by atoms with van der Waals surface area (Å²) in [6.45, 7) is 1.98. The topological polar surface area (TPSA) is 75.8 Å². The fourth-order valence-electron chi connectivity index (χ4n) is 2.05. The lowest BCUT2D eigenvalue weighted by atomic mass is 10.1. The van der Waals surface area contributed by atoms with E-state index in [-0.39, 0.29) is 11.7 Å². The van der Waals surface area contributed by atoms with Gasteiger partial charge >= 0.3 is 5.97 Å². The van der Waals surface area contributed by atoms with Gasteiger partial charge in [-0.2, -0.15) is 0 Å². The minimum atomic E-state index is -0.969. The van der Waals surface area contributed by atoms with Crippen LogP contribution in [0.4, 0.5) is 5.69 Å². The van der Waals surface area contributed by atoms with Gasteiger partial charge in [0.05, 0.1) is 11.3 Å². The van der Waals surface area contributed by atoms with Crippen LogP contribution in [0.25, 0.3) is 0 Å². The summed E-state index contributed by atoms with van der Waals surface area (Å²) in [6.07, 6.45) is 1.99. The van der Waals surface area contributed by atoms with Crippen LogP contribution in [0.15, 0.2) is 18.2 Å². The van der Waals surface area contributed by atoms with Gasteiger partial charge in [-0.1, -0.05) is 0 Å². The number of ether oxygens (including phenoxy) is 1. The first-order chi connectivity index (χ1) is 8.56. The van der Waals surface area contributed by atoms with E-state index in [1.807, 2.05) is 0 Å². The molecule has 1 aliphatic heterocycles. The number of benzene rings is 1. The number of hydrogen-bond acceptors (Lipinski definition) is 4. The van der Waals surface area contributed by atoms with E-state index in [0.29, 0.717) is 11.4 Å². The Kier molecular flexibility index (Phi) is 3.72. The maximum atomic E-state index is 10.9. The molecule has 0 unspecified atom stereocenters. The van der Waals surface area contributed by atoms with Gasteiger partial charge in [0.25, 0.3) is 0 Å². The van der Waals surface area contributed by atoms with Crippen molar-refractivity contribution in [2.75, 3.05) is 25.9 Å². The molecule has 1 fully saturated rings. The smallest absolute Gasteiger partial charge is 0.335 e. The van der Waals surface area contributed by atoms with Gasteiger partial charge in [0.15, 0.2) is 0 Å². The van der Waals surface area contributed by atoms with Gasteiger partial charge in [-0.3, -0.25) is 0 Å². The zero-order valence-electron chi connectivity index (χ0n) is 10.4. The van der Waals surface area contributed by atoms with Crippen molar-refractivity contribution in [3.8, 4) is 5.75 Å². The van der Waals surface area contributed by atoms with Crippen molar-refractivity contribution in [2.24, 2.45) is 0 Å². The molecule has 0 atom stereocenters. The van der Waals surface area contributed by atoms with E-state index in [0.717, 1.165) is 25.9 Å². The molecule has 0 saturated carbocycles. The van der Waals surface area contributed by atoms with Gasteiger partial charge in [0.1, 0.15) is 11.9 Å². The number of nitrogens with zero attached hydrogens (tertiary/aromatic N) is 1. The second-order valence-electron chi connectivity index (χ2n) is 4.68. The summed E-state index contributed by atoms with van der Waals surface area (Å²) in [6, 6.07) is 4.56. The summed E-state index contributed by atoms with van der Waals surface area (Å²) >= 11 is 0. The third-order valence-electron chi connectivity index (χ3n) is 3.22. The van der Waals surface area contributed by atoms with Gasteiger partial charge in [0, 0.05) is 13.1 Å². The number of nitrogens with two attached hydrogens (primary N) is 1. The van der Waals surface area contributed by atoms with Crippen molar-refractivity contribution in [3.63, 3.8) is 0 Å². The lowest BCUT2D eigenvalue weighted by molar-refractivity contribution is 0.0695. The average Bonchev–Trinajstić information content (AvgIpc) is 2.34. The number of carbonyl (C=O) groups is 1. The van der Waals surface area contributed by atoms with E-state index in [1.54, 1.807) is 6.07 Å². The normalized spacial score (nSPS) is 17.6. The molecule has 18 heavy (non-hydrogen) atoms. The first kappa shape index (κ1) is 12.7. The van der Waals surface area contributed by atoms with Crippen LogP contribution in [0, 0.1) is 0 Å². The Balaban J connectivity index is 2.08. The Labute approximate surface area is 106 Å². The predicted octanol–water partition coefficient (Wildman–Crippen LogP) is 1.44. The first-order valence-electron chi connectivity index (χ1n) is 6.04. The molecule has 0 aromatic heterocycles. The highest BCUT2D eigenvalue weighted by molar-refractivity contribution is 5.89. The van der Waals surface area contributed by atoms with E-state index < -0.39 is 5.97 Å². The molecule has 1 heterocycles. The zero-order valence-corrected chi connectivity index (χ0v) is 10.4. The molecule has 3 N–H and O–H groups in total. The Morgan fingerprint density at radius 1 is 1.44 bits per heavy atom. The third kappa shape index (κ3) is 2.92. The maximum Gasteiger partial charge on any atom is 0.335 e. The highest BCUT2D eigenvalue weighted by Gasteiger charge is 2.19. The summed E-state index contributed by atoms with van der Waals surface area (Å²) in [5.41, 5.74) is 6.49. The van der Waals surface area contributed by atoms with E-state index in [4.69, 9.17) is 15.6 Å². The Hall–Kier alpha value is -1.75. The number of anilines is 1. The fraction of sp³-hybridized carbons (Fsp3) is 0.462. The predicted molar refractivity (Wildman–Crippen MR) is 69.0 cm³/mol. The highest BCUT2D eigenvalue weighted by Crippen LogP contribution is 2.26. The third-order valence-corrected chi connectivity index (χ3v) is 3.22. The van der Waals surface area contributed by atoms with Crippen molar-refractivity contribution in [1.29, 1.82) is 0 Å². The van der Waals surface area contributed by atoms with Crippen LogP contribution < -0.4 is 10.5 Å². The monoisotopic (exact) mass is 250 g/mol.